The molecule has 0 aliphatic heterocycles. The molecular weight excluding hydrogens is 278 g/mol. The first-order valence-electron chi connectivity index (χ1n) is 6.92. The molecule has 1 amide bonds. The van der Waals surface area contributed by atoms with Crippen molar-refractivity contribution in [2.24, 2.45) is 5.73 Å². The number of nitrogens with one attached hydrogen (secondary N) is 1. The van der Waals surface area contributed by atoms with Crippen LogP contribution in [0, 0.1) is 0 Å². The Labute approximate surface area is 123 Å². The van der Waals surface area contributed by atoms with Crippen molar-refractivity contribution in [3.63, 3.8) is 0 Å². The lowest BCUT2D eigenvalue weighted by Crippen LogP contribution is -2.45. The van der Waals surface area contributed by atoms with Gasteiger partial charge < -0.3 is 15.8 Å². The summed E-state index contributed by atoms with van der Waals surface area (Å²) in [6.45, 7) is 1.85. The second-order valence-corrected chi connectivity index (χ2v) is 5.26. The molecule has 4 nitrogen and oxygen atoms in total. The zero-order valence-electron chi connectivity index (χ0n) is 12.4. The number of primary amides is 1. The van der Waals surface area contributed by atoms with E-state index >= 15 is 0 Å². The highest BCUT2D eigenvalue weighted by molar-refractivity contribution is 5.75. The summed E-state index contributed by atoms with van der Waals surface area (Å²) in [7, 11) is 0. The lowest BCUT2D eigenvalue weighted by molar-refractivity contribution is -0.119. The number of rotatable bonds is 9. The van der Waals surface area contributed by atoms with Gasteiger partial charge in [-0.05, 0) is 44.0 Å². The Morgan fingerprint density at radius 2 is 2.00 bits per heavy atom. The van der Waals surface area contributed by atoms with Gasteiger partial charge in [0.1, 0.15) is 5.75 Å². The molecule has 0 saturated carbocycles. The summed E-state index contributed by atoms with van der Waals surface area (Å²) in [5.41, 5.74) is 5.91. The topological polar surface area (TPSA) is 64.3 Å². The highest BCUT2D eigenvalue weighted by atomic mass is 19.3. The summed E-state index contributed by atoms with van der Waals surface area (Å²) in [5.74, 6) is -0.209. The van der Waals surface area contributed by atoms with Gasteiger partial charge in [-0.25, -0.2) is 0 Å². The molecule has 1 aromatic rings. The molecule has 0 aliphatic carbocycles. The van der Waals surface area contributed by atoms with Gasteiger partial charge in [-0.3, -0.25) is 4.79 Å². The second-order valence-electron chi connectivity index (χ2n) is 5.26. The molecule has 118 valence electrons. The molecule has 0 spiro atoms. The Kier molecular flexibility index (Phi) is 6.55. The molecule has 3 N–H and O–H groups in total. The molecule has 0 bridgehead atoms. The number of carbonyl (C=O) groups excluding carboxylic acids is 1. The summed E-state index contributed by atoms with van der Waals surface area (Å²) in [6.07, 6.45) is 1.69. The standard InChI is InChI=1S/C15H22F2N2O2/c1-3-19-15(2,10-13(18)20)9-8-11-4-6-12(7-5-11)21-14(16)17/h4-7,14,19H,3,8-10H2,1-2H3,(H2,18,20). The van der Waals surface area contributed by atoms with E-state index in [1.165, 1.54) is 12.1 Å². The fraction of sp³-hybridized carbons (Fsp3) is 0.533. The molecule has 1 rings (SSSR count). The maximum absolute atomic E-state index is 12.1. The molecule has 0 aliphatic rings. The van der Waals surface area contributed by atoms with Crippen molar-refractivity contribution in [1.82, 2.24) is 5.32 Å². The zero-order valence-corrected chi connectivity index (χ0v) is 12.4. The van der Waals surface area contributed by atoms with Gasteiger partial charge in [0.15, 0.2) is 0 Å². The quantitative estimate of drug-likeness (QED) is 0.736. The molecule has 1 unspecified atom stereocenters. The van der Waals surface area contributed by atoms with E-state index in [1.54, 1.807) is 12.1 Å². The van der Waals surface area contributed by atoms with Crippen molar-refractivity contribution < 1.29 is 18.3 Å². The van der Waals surface area contributed by atoms with Gasteiger partial charge in [0.25, 0.3) is 0 Å². The Balaban J connectivity index is 2.61. The molecule has 0 heterocycles. The van der Waals surface area contributed by atoms with Gasteiger partial charge in [0.05, 0.1) is 0 Å². The number of aryl methyl sites for hydroxylation is 1. The van der Waals surface area contributed by atoms with Crippen LogP contribution in [-0.2, 0) is 11.2 Å². The van der Waals surface area contributed by atoms with Crippen LogP contribution >= 0.6 is 0 Å². The first-order valence-corrected chi connectivity index (χ1v) is 6.92. The Morgan fingerprint density at radius 3 is 2.48 bits per heavy atom. The minimum Gasteiger partial charge on any atom is -0.435 e. The minimum atomic E-state index is -2.82. The van der Waals surface area contributed by atoms with E-state index in [0.717, 1.165) is 18.5 Å². The van der Waals surface area contributed by atoms with Gasteiger partial charge in [-0.1, -0.05) is 19.1 Å². The smallest absolute Gasteiger partial charge is 0.387 e. The summed E-state index contributed by atoms with van der Waals surface area (Å²) in [5, 5.41) is 3.27. The normalized spacial score (nSPS) is 14.0. The average Bonchev–Trinajstić information content (AvgIpc) is 2.36. The lowest BCUT2D eigenvalue weighted by atomic mass is 9.89. The molecule has 1 aromatic carbocycles. The number of hydrogen-bond donors (Lipinski definition) is 2. The number of ether oxygens (including phenoxy) is 1. The van der Waals surface area contributed by atoms with Crippen molar-refractivity contribution in [2.45, 2.75) is 45.3 Å². The molecular formula is C15H22F2N2O2. The molecule has 0 aromatic heterocycles. The van der Waals surface area contributed by atoms with Crippen LogP contribution < -0.4 is 15.8 Å². The number of amides is 1. The Morgan fingerprint density at radius 1 is 1.38 bits per heavy atom. The monoisotopic (exact) mass is 300 g/mol. The highest BCUT2D eigenvalue weighted by Gasteiger charge is 2.25. The van der Waals surface area contributed by atoms with Crippen LogP contribution in [-0.4, -0.2) is 24.6 Å². The van der Waals surface area contributed by atoms with E-state index < -0.39 is 6.61 Å². The third-order valence-corrected chi connectivity index (χ3v) is 3.28. The Bertz CT molecular complexity index is 451. The number of carbonyl (C=O) groups is 1. The lowest BCUT2D eigenvalue weighted by Gasteiger charge is -2.29. The van der Waals surface area contributed by atoms with Gasteiger partial charge >= 0.3 is 6.61 Å². The van der Waals surface area contributed by atoms with Crippen LogP contribution in [0.2, 0.25) is 0 Å². The number of halogens is 2. The second kappa shape index (κ2) is 7.93. The van der Waals surface area contributed by atoms with Crippen LogP contribution in [0.4, 0.5) is 8.78 Å². The SMILES string of the molecule is CCNC(C)(CCc1ccc(OC(F)F)cc1)CC(N)=O. The van der Waals surface area contributed by atoms with Crippen molar-refractivity contribution in [3.05, 3.63) is 29.8 Å². The van der Waals surface area contributed by atoms with E-state index in [1.807, 2.05) is 13.8 Å². The zero-order chi connectivity index (χ0) is 15.9. The summed E-state index contributed by atoms with van der Waals surface area (Å²) in [4.78, 5) is 11.1. The number of alkyl halides is 2. The van der Waals surface area contributed by atoms with E-state index in [-0.39, 0.29) is 23.6 Å². The van der Waals surface area contributed by atoms with Crippen LogP contribution in [0.1, 0.15) is 32.3 Å². The number of benzene rings is 1. The van der Waals surface area contributed by atoms with Gasteiger partial charge in [-0.2, -0.15) is 8.78 Å². The van der Waals surface area contributed by atoms with Crippen LogP contribution in [0.5, 0.6) is 5.75 Å². The van der Waals surface area contributed by atoms with Crippen molar-refractivity contribution in [2.75, 3.05) is 6.54 Å². The summed E-state index contributed by atoms with van der Waals surface area (Å²) < 4.78 is 28.4. The largest absolute Gasteiger partial charge is 0.435 e. The van der Waals surface area contributed by atoms with E-state index in [2.05, 4.69) is 10.1 Å². The third-order valence-electron chi connectivity index (χ3n) is 3.28. The maximum Gasteiger partial charge on any atom is 0.387 e. The molecule has 0 saturated heterocycles. The first-order chi connectivity index (χ1) is 9.84. The van der Waals surface area contributed by atoms with Crippen molar-refractivity contribution in [1.29, 1.82) is 0 Å². The average molecular weight is 300 g/mol. The number of nitrogens with two attached hydrogens (primary N) is 1. The van der Waals surface area contributed by atoms with Gasteiger partial charge in [-0.15, -0.1) is 0 Å². The van der Waals surface area contributed by atoms with Crippen molar-refractivity contribution >= 4 is 5.91 Å². The third kappa shape index (κ3) is 6.53. The van der Waals surface area contributed by atoms with Crippen LogP contribution in [0.15, 0.2) is 24.3 Å². The minimum absolute atomic E-state index is 0.139. The number of hydrogen-bond acceptors (Lipinski definition) is 3. The van der Waals surface area contributed by atoms with Crippen molar-refractivity contribution in [3.8, 4) is 5.75 Å². The van der Waals surface area contributed by atoms with E-state index in [9.17, 15) is 13.6 Å². The predicted molar refractivity (Wildman–Crippen MR) is 77.3 cm³/mol. The predicted octanol–water partition coefficient (Wildman–Crippen LogP) is 2.46. The summed E-state index contributed by atoms with van der Waals surface area (Å²) in [6, 6.07) is 6.52. The molecule has 0 fully saturated rings. The molecule has 6 heteroatoms. The highest BCUT2D eigenvalue weighted by Crippen LogP contribution is 2.20. The fourth-order valence-corrected chi connectivity index (χ4v) is 2.31. The Hall–Kier alpha value is -1.69. The fourth-order valence-electron chi connectivity index (χ4n) is 2.31. The van der Waals surface area contributed by atoms with Crippen LogP contribution in [0.25, 0.3) is 0 Å². The van der Waals surface area contributed by atoms with Gasteiger partial charge in [0.2, 0.25) is 5.91 Å². The molecule has 1 atom stereocenters. The first kappa shape index (κ1) is 17.4. The van der Waals surface area contributed by atoms with E-state index in [0.29, 0.717) is 6.42 Å². The van der Waals surface area contributed by atoms with Gasteiger partial charge in [0, 0.05) is 12.0 Å². The molecule has 21 heavy (non-hydrogen) atoms. The summed E-state index contributed by atoms with van der Waals surface area (Å²) >= 11 is 0. The van der Waals surface area contributed by atoms with E-state index in [4.69, 9.17) is 5.73 Å². The van der Waals surface area contributed by atoms with Crippen LogP contribution in [0.3, 0.4) is 0 Å². The maximum atomic E-state index is 12.1. The molecule has 0 radical (unpaired) electrons.